The Hall–Kier alpha value is -1.15. The van der Waals surface area contributed by atoms with E-state index in [4.69, 9.17) is 10.7 Å². The van der Waals surface area contributed by atoms with Gasteiger partial charge in [0, 0.05) is 10.7 Å². The summed E-state index contributed by atoms with van der Waals surface area (Å²) < 4.78 is 23.3. The van der Waals surface area contributed by atoms with Crippen LogP contribution in [0.4, 0.5) is 5.82 Å². The molecule has 0 saturated carbocycles. The van der Waals surface area contributed by atoms with E-state index >= 15 is 0 Å². The van der Waals surface area contributed by atoms with Gasteiger partial charge in [0.05, 0.1) is 17.8 Å². The molecule has 1 aromatic rings. The molecule has 0 bridgehead atoms. The molecule has 0 aliphatic carbocycles. The maximum atomic E-state index is 11.1. The fourth-order valence-electron chi connectivity index (χ4n) is 1.16. The predicted octanol–water partition coefficient (Wildman–Crippen LogP) is 1.37. The third-order valence-electron chi connectivity index (χ3n) is 1.70. The normalized spacial score (nSPS) is 12.0. The molecule has 0 N–H and O–H groups in total. The van der Waals surface area contributed by atoms with Crippen molar-refractivity contribution in [2.45, 2.75) is 25.3 Å². The summed E-state index contributed by atoms with van der Waals surface area (Å²) in [6.45, 7) is 4.14. The topological polar surface area (TPSA) is 95.1 Å². The highest BCUT2D eigenvalue weighted by Crippen LogP contribution is 2.25. The molecule has 0 fully saturated rings. The minimum Gasteiger partial charge on any atom is -0.358 e. The number of nitrogens with zero attached hydrogens (tertiary/aromatic N) is 3. The van der Waals surface area contributed by atoms with Crippen LogP contribution < -0.4 is 0 Å². The van der Waals surface area contributed by atoms with E-state index < -0.39 is 24.7 Å². The molecule has 0 aliphatic heterocycles. The van der Waals surface area contributed by atoms with Crippen LogP contribution in [0.15, 0.2) is 11.1 Å². The van der Waals surface area contributed by atoms with Crippen LogP contribution >= 0.6 is 10.7 Å². The molecule has 0 aliphatic rings. The molecule has 1 rings (SSSR count). The predicted molar refractivity (Wildman–Crippen MR) is 56.8 cm³/mol. The van der Waals surface area contributed by atoms with Gasteiger partial charge in [0.2, 0.25) is 4.90 Å². The van der Waals surface area contributed by atoms with Gasteiger partial charge in [0.1, 0.15) is 0 Å². The highest BCUT2D eigenvalue weighted by molar-refractivity contribution is 8.13. The highest BCUT2D eigenvalue weighted by atomic mass is 35.7. The fourth-order valence-corrected chi connectivity index (χ4v) is 2.07. The summed E-state index contributed by atoms with van der Waals surface area (Å²) in [4.78, 5) is 9.14. The lowest BCUT2D eigenvalue weighted by atomic mass is 10.2. The molecule has 0 radical (unpaired) electrons. The molecule has 0 saturated heterocycles. The summed E-state index contributed by atoms with van der Waals surface area (Å²) in [5, 5.41) is 14.1. The third-order valence-corrected chi connectivity index (χ3v) is 3.01. The second-order valence-electron chi connectivity index (χ2n) is 3.63. The molecule has 0 atom stereocenters. The van der Waals surface area contributed by atoms with Crippen LogP contribution in [0, 0.1) is 16.0 Å². The Balaban J connectivity index is 3.27. The quantitative estimate of drug-likeness (QED) is 0.466. The van der Waals surface area contributed by atoms with Gasteiger partial charge in [-0.1, -0.05) is 13.8 Å². The van der Waals surface area contributed by atoms with Crippen molar-refractivity contribution < 1.29 is 13.3 Å². The molecule has 0 amide bonds. The van der Waals surface area contributed by atoms with E-state index in [1.54, 1.807) is 0 Å². The minimum atomic E-state index is -4.15. The Morgan fingerprint density at radius 1 is 1.62 bits per heavy atom. The molecular formula is C7H10ClN3O4S. The molecule has 1 heterocycles. The minimum absolute atomic E-state index is 0.186. The van der Waals surface area contributed by atoms with Gasteiger partial charge in [-0.05, 0) is 10.8 Å². The average molecular weight is 268 g/mol. The van der Waals surface area contributed by atoms with Gasteiger partial charge >= 0.3 is 5.82 Å². The lowest BCUT2D eigenvalue weighted by Crippen LogP contribution is -2.05. The summed E-state index contributed by atoms with van der Waals surface area (Å²) in [5.41, 5.74) is 0. The van der Waals surface area contributed by atoms with Crippen molar-refractivity contribution in [1.82, 2.24) is 9.78 Å². The number of aromatic nitrogens is 2. The van der Waals surface area contributed by atoms with Crippen LogP contribution in [-0.2, 0) is 15.6 Å². The maximum absolute atomic E-state index is 11.1. The monoisotopic (exact) mass is 267 g/mol. The Morgan fingerprint density at radius 2 is 2.19 bits per heavy atom. The molecule has 9 heteroatoms. The van der Waals surface area contributed by atoms with Crippen molar-refractivity contribution in [1.29, 1.82) is 0 Å². The van der Waals surface area contributed by atoms with Gasteiger partial charge in [-0.2, -0.15) is 4.68 Å². The standard InChI is InChI=1S/C7H10ClN3O4S/c1-5(2)3-10-4-6(16(8,14)15)7(9-10)11(12)13/h4-5H,3H2,1-2H3. The van der Waals surface area contributed by atoms with Crippen molar-refractivity contribution in [2.24, 2.45) is 5.92 Å². The Bertz CT molecular complexity index is 508. The van der Waals surface area contributed by atoms with E-state index in [0.29, 0.717) is 6.54 Å². The van der Waals surface area contributed by atoms with Gasteiger partial charge < -0.3 is 10.1 Å². The molecule has 1 aromatic heterocycles. The number of hydrogen-bond donors (Lipinski definition) is 0. The Labute approximate surface area is 96.6 Å². The molecule has 0 aromatic carbocycles. The zero-order valence-electron chi connectivity index (χ0n) is 8.62. The van der Waals surface area contributed by atoms with Crippen molar-refractivity contribution in [3.8, 4) is 0 Å². The Morgan fingerprint density at radius 3 is 2.50 bits per heavy atom. The molecule has 90 valence electrons. The summed E-state index contributed by atoms with van der Waals surface area (Å²) in [6, 6.07) is 0. The number of nitro groups is 1. The van der Waals surface area contributed by atoms with Gasteiger partial charge in [0.15, 0.2) is 0 Å². The van der Waals surface area contributed by atoms with E-state index in [1.807, 2.05) is 13.8 Å². The maximum Gasteiger partial charge on any atom is 0.410 e. The van der Waals surface area contributed by atoms with E-state index in [2.05, 4.69) is 5.10 Å². The van der Waals surface area contributed by atoms with Gasteiger partial charge in [-0.15, -0.1) is 0 Å². The third kappa shape index (κ3) is 2.92. The second-order valence-corrected chi connectivity index (χ2v) is 6.16. The first-order valence-corrected chi connectivity index (χ1v) is 6.69. The van der Waals surface area contributed by atoms with Crippen molar-refractivity contribution >= 4 is 25.6 Å². The summed E-state index contributed by atoms with van der Waals surface area (Å²) in [7, 11) is 0.926. The smallest absolute Gasteiger partial charge is 0.358 e. The van der Waals surface area contributed by atoms with Crippen molar-refractivity contribution in [2.75, 3.05) is 0 Å². The van der Waals surface area contributed by atoms with Crippen LogP contribution in [0.3, 0.4) is 0 Å². The largest absolute Gasteiger partial charge is 0.410 e. The summed E-state index contributed by atoms with van der Waals surface area (Å²) >= 11 is 0. The molecule has 0 unspecified atom stereocenters. The second kappa shape index (κ2) is 4.38. The summed E-state index contributed by atoms with van der Waals surface area (Å²) in [5.74, 6) is -0.555. The van der Waals surface area contributed by atoms with Crippen LogP contribution in [0.2, 0.25) is 0 Å². The average Bonchev–Trinajstić information content (AvgIpc) is 2.45. The first-order chi connectivity index (χ1) is 7.21. The lowest BCUT2D eigenvalue weighted by molar-refractivity contribution is -0.392. The molecule has 0 spiro atoms. The van der Waals surface area contributed by atoms with Crippen LogP contribution in [-0.4, -0.2) is 23.1 Å². The van der Waals surface area contributed by atoms with E-state index in [9.17, 15) is 18.5 Å². The fraction of sp³-hybridized carbons (Fsp3) is 0.571. The zero-order chi connectivity index (χ0) is 12.5. The van der Waals surface area contributed by atoms with Crippen LogP contribution in [0.5, 0.6) is 0 Å². The van der Waals surface area contributed by atoms with Crippen LogP contribution in [0.1, 0.15) is 13.8 Å². The Kier molecular flexibility index (Phi) is 3.54. The SMILES string of the molecule is CC(C)Cn1cc(S(=O)(=O)Cl)c([N+](=O)[O-])n1. The van der Waals surface area contributed by atoms with E-state index in [1.165, 1.54) is 4.68 Å². The first kappa shape index (κ1) is 12.9. The van der Waals surface area contributed by atoms with E-state index in [-0.39, 0.29) is 5.92 Å². The van der Waals surface area contributed by atoms with Gasteiger partial charge in [0.25, 0.3) is 9.05 Å². The molecular weight excluding hydrogens is 258 g/mol. The zero-order valence-corrected chi connectivity index (χ0v) is 10.2. The van der Waals surface area contributed by atoms with Crippen molar-refractivity contribution in [3.05, 3.63) is 16.3 Å². The lowest BCUT2D eigenvalue weighted by Gasteiger charge is -1.98. The number of hydrogen-bond acceptors (Lipinski definition) is 5. The molecule has 7 nitrogen and oxygen atoms in total. The summed E-state index contributed by atoms with van der Waals surface area (Å²) in [6.07, 6.45) is 1.07. The number of halogens is 1. The first-order valence-electron chi connectivity index (χ1n) is 4.38. The van der Waals surface area contributed by atoms with Gasteiger partial charge in [-0.25, -0.2) is 8.42 Å². The van der Waals surface area contributed by atoms with Crippen molar-refractivity contribution in [3.63, 3.8) is 0 Å². The molecule has 16 heavy (non-hydrogen) atoms. The number of rotatable bonds is 4. The van der Waals surface area contributed by atoms with E-state index in [0.717, 1.165) is 6.20 Å². The van der Waals surface area contributed by atoms with Crippen LogP contribution in [0.25, 0.3) is 0 Å². The highest BCUT2D eigenvalue weighted by Gasteiger charge is 2.29. The van der Waals surface area contributed by atoms with Gasteiger partial charge in [-0.3, -0.25) is 0 Å².